The number of hydrogen-bond acceptors (Lipinski definition) is 5. The quantitative estimate of drug-likeness (QED) is 0.710. The fourth-order valence-corrected chi connectivity index (χ4v) is 3.81. The molecule has 1 amide bonds. The number of sulfone groups is 1. The molecule has 0 spiro atoms. The molecule has 0 saturated heterocycles. The standard InChI is InChI=1S/C20H25NO5S/c1-15-4-9-19(26-3)17(14-15)10-11-21-20(22)16-5-7-18(8-6-16)27(23,24)13-12-25-2/h4-9,14H,10-13H2,1-3H3,(H,21,22). The van der Waals surface area contributed by atoms with Gasteiger partial charge >= 0.3 is 0 Å². The Kier molecular flexibility index (Phi) is 7.38. The zero-order valence-corrected chi connectivity index (χ0v) is 16.6. The molecule has 0 aliphatic heterocycles. The van der Waals surface area contributed by atoms with Gasteiger partial charge in [0, 0.05) is 19.2 Å². The summed E-state index contributed by atoms with van der Waals surface area (Å²) in [6.45, 7) is 2.59. The number of rotatable bonds is 9. The van der Waals surface area contributed by atoms with Crippen LogP contribution in [-0.2, 0) is 21.0 Å². The molecule has 27 heavy (non-hydrogen) atoms. The fourth-order valence-electron chi connectivity index (χ4n) is 2.64. The lowest BCUT2D eigenvalue weighted by atomic mass is 10.1. The van der Waals surface area contributed by atoms with E-state index in [1.807, 2.05) is 25.1 Å². The molecule has 0 atom stereocenters. The fraction of sp³-hybridized carbons (Fsp3) is 0.350. The van der Waals surface area contributed by atoms with Crippen molar-refractivity contribution in [3.63, 3.8) is 0 Å². The molecular formula is C20H25NO5S. The van der Waals surface area contributed by atoms with E-state index in [0.29, 0.717) is 18.5 Å². The van der Waals surface area contributed by atoms with E-state index in [4.69, 9.17) is 9.47 Å². The molecule has 2 aromatic carbocycles. The summed E-state index contributed by atoms with van der Waals surface area (Å²) in [5.74, 6) is 0.454. The van der Waals surface area contributed by atoms with Crippen LogP contribution in [0.4, 0.5) is 0 Å². The Hall–Kier alpha value is -2.38. The van der Waals surface area contributed by atoms with Crippen molar-refractivity contribution < 1.29 is 22.7 Å². The summed E-state index contributed by atoms with van der Waals surface area (Å²) >= 11 is 0. The number of ether oxygens (including phenoxy) is 2. The lowest BCUT2D eigenvalue weighted by Crippen LogP contribution is -2.25. The van der Waals surface area contributed by atoms with E-state index >= 15 is 0 Å². The highest BCUT2D eigenvalue weighted by Crippen LogP contribution is 2.20. The van der Waals surface area contributed by atoms with Crippen molar-refractivity contribution in [3.05, 3.63) is 59.2 Å². The first-order valence-electron chi connectivity index (χ1n) is 8.61. The van der Waals surface area contributed by atoms with E-state index < -0.39 is 9.84 Å². The van der Waals surface area contributed by atoms with Crippen molar-refractivity contribution in [2.45, 2.75) is 18.2 Å². The van der Waals surface area contributed by atoms with Gasteiger partial charge in [-0.3, -0.25) is 4.79 Å². The third-order valence-corrected chi connectivity index (χ3v) is 5.84. The van der Waals surface area contributed by atoms with Crippen LogP contribution in [0.25, 0.3) is 0 Å². The van der Waals surface area contributed by atoms with Gasteiger partial charge in [0.1, 0.15) is 5.75 Å². The molecule has 0 aliphatic carbocycles. The van der Waals surface area contributed by atoms with Crippen LogP contribution in [0.2, 0.25) is 0 Å². The van der Waals surface area contributed by atoms with Gasteiger partial charge in [-0.25, -0.2) is 8.42 Å². The Balaban J connectivity index is 1.96. The number of methoxy groups -OCH3 is 2. The highest BCUT2D eigenvalue weighted by molar-refractivity contribution is 7.91. The molecule has 7 heteroatoms. The second-order valence-corrected chi connectivity index (χ2v) is 8.27. The largest absolute Gasteiger partial charge is 0.496 e. The molecule has 0 radical (unpaired) electrons. The molecule has 0 unspecified atom stereocenters. The minimum Gasteiger partial charge on any atom is -0.496 e. The first-order chi connectivity index (χ1) is 12.9. The zero-order valence-electron chi connectivity index (χ0n) is 15.8. The van der Waals surface area contributed by atoms with Crippen LogP contribution >= 0.6 is 0 Å². The number of nitrogens with one attached hydrogen (secondary N) is 1. The van der Waals surface area contributed by atoms with Gasteiger partial charge in [-0.05, 0) is 49.2 Å². The molecule has 0 fully saturated rings. The van der Waals surface area contributed by atoms with Crippen LogP contribution in [0.5, 0.6) is 5.75 Å². The topological polar surface area (TPSA) is 81.7 Å². The number of carbonyl (C=O) groups is 1. The molecule has 0 bridgehead atoms. The van der Waals surface area contributed by atoms with Gasteiger partial charge in [-0.15, -0.1) is 0 Å². The summed E-state index contributed by atoms with van der Waals surface area (Å²) in [5, 5.41) is 2.85. The van der Waals surface area contributed by atoms with Gasteiger partial charge in [0.05, 0.1) is 24.4 Å². The molecular weight excluding hydrogens is 366 g/mol. The van der Waals surface area contributed by atoms with Crippen LogP contribution in [0.15, 0.2) is 47.4 Å². The molecule has 0 heterocycles. The molecule has 0 saturated carbocycles. The monoisotopic (exact) mass is 391 g/mol. The summed E-state index contributed by atoms with van der Waals surface area (Å²) in [6.07, 6.45) is 0.639. The Labute approximate surface area is 160 Å². The maximum absolute atomic E-state index is 12.3. The molecule has 146 valence electrons. The summed E-state index contributed by atoms with van der Waals surface area (Å²) in [6, 6.07) is 11.8. The maximum atomic E-state index is 12.3. The molecule has 0 aromatic heterocycles. The van der Waals surface area contributed by atoms with Gasteiger partial charge in [-0.1, -0.05) is 17.7 Å². The number of carbonyl (C=O) groups excluding carboxylic acids is 1. The number of aryl methyl sites for hydroxylation is 1. The Morgan fingerprint density at radius 1 is 1.07 bits per heavy atom. The smallest absolute Gasteiger partial charge is 0.251 e. The molecule has 2 aromatic rings. The maximum Gasteiger partial charge on any atom is 0.251 e. The molecule has 2 rings (SSSR count). The summed E-state index contributed by atoms with van der Waals surface area (Å²) in [5.41, 5.74) is 2.57. The minimum absolute atomic E-state index is 0.0899. The van der Waals surface area contributed by atoms with Gasteiger partial charge in [0.2, 0.25) is 0 Å². The normalized spacial score (nSPS) is 11.2. The second kappa shape index (κ2) is 9.53. The first kappa shape index (κ1) is 20.9. The molecule has 1 N–H and O–H groups in total. The Bertz CT molecular complexity index is 876. The van der Waals surface area contributed by atoms with Crippen molar-refractivity contribution in [2.24, 2.45) is 0 Å². The third kappa shape index (κ3) is 5.80. The number of amides is 1. The van der Waals surface area contributed by atoms with Crippen LogP contribution in [0.3, 0.4) is 0 Å². The summed E-state index contributed by atoms with van der Waals surface area (Å²) < 4.78 is 34.3. The van der Waals surface area contributed by atoms with E-state index in [1.165, 1.54) is 31.4 Å². The Morgan fingerprint density at radius 2 is 1.78 bits per heavy atom. The SMILES string of the molecule is COCCS(=O)(=O)c1ccc(C(=O)NCCc2cc(C)ccc2OC)cc1. The van der Waals surface area contributed by atoms with E-state index in [2.05, 4.69) is 5.32 Å². The molecule has 0 aliphatic rings. The number of hydrogen-bond donors (Lipinski definition) is 1. The van der Waals surface area contributed by atoms with Crippen molar-refractivity contribution >= 4 is 15.7 Å². The second-order valence-electron chi connectivity index (χ2n) is 6.16. The number of benzene rings is 2. The van der Waals surface area contributed by atoms with Gasteiger partial charge in [-0.2, -0.15) is 0 Å². The van der Waals surface area contributed by atoms with Crippen LogP contribution in [-0.4, -0.2) is 47.4 Å². The van der Waals surface area contributed by atoms with Gasteiger partial charge in [0.25, 0.3) is 5.91 Å². The van der Waals surface area contributed by atoms with Crippen molar-refractivity contribution in [2.75, 3.05) is 33.1 Å². The van der Waals surface area contributed by atoms with Gasteiger partial charge < -0.3 is 14.8 Å². The summed E-state index contributed by atoms with van der Waals surface area (Å²) in [4.78, 5) is 12.5. The lowest BCUT2D eigenvalue weighted by molar-refractivity contribution is 0.0954. The van der Waals surface area contributed by atoms with Crippen LogP contribution in [0, 0.1) is 6.92 Å². The minimum atomic E-state index is -3.40. The lowest BCUT2D eigenvalue weighted by Gasteiger charge is -2.11. The van der Waals surface area contributed by atoms with Crippen LogP contribution < -0.4 is 10.1 Å². The predicted molar refractivity (Wildman–Crippen MR) is 104 cm³/mol. The predicted octanol–water partition coefficient (Wildman–Crippen LogP) is 2.40. The summed E-state index contributed by atoms with van der Waals surface area (Å²) in [7, 11) is -0.327. The Morgan fingerprint density at radius 3 is 2.41 bits per heavy atom. The molecule has 6 nitrogen and oxygen atoms in total. The van der Waals surface area contributed by atoms with E-state index in [9.17, 15) is 13.2 Å². The van der Waals surface area contributed by atoms with E-state index in [1.54, 1.807) is 7.11 Å². The van der Waals surface area contributed by atoms with E-state index in [0.717, 1.165) is 16.9 Å². The average molecular weight is 391 g/mol. The van der Waals surface area contributed by atoms with Crippen molar-refractivity contribution in [1.82, 2.24) is 5.32 Å². The average Bonchev–Trinajstić information content (AvgIpc) is 2.66. The highest BCUT2D eigenvalue weighted by atomic mass is 32.2. The zero-order chi connectivity index (χ0) is 19.9. The highest BCUT2D eigenvalue weighted by Gasteiger charge is 2.15. The van der Waals surface area contributed by atoms with E-state index in [-0.39, 0.29) is 23.2 Å². The van der Waals surface area contributed by atoms with Gasteiger partial charge in [0.15, 0.2) is 9.84 Å². The van der Waals surface area contributed by atoms with Crippen molar-refractivity contribution in [3.8, 4) is 5.75 Å². The van der Waals surface area contributed by atoms with Crippen LogP contribution in [0.1, 0.15) is 21.5 Å². The van der Waals surface area contributed by atoms with Crippen molar-refractivity contribution in [1.29, 1.82) is 0 Å². The third-order valence-electron chi connectivity index (χ3n) is 4.15. The first-order valence-corrected chi connectivity index (χ1v) is 10.3.